The topological polar surface area (TPSA) is 34.0 Å². The molecule has 0 bridgehead atoms. The van der Waals surface area contributed by atoms with Gasteiger partial charge in [0.05, 0.1) is 18.4 Å². The molecule has 78 valence electrons. The van der Waals surface area contributed by atoms with Crippen molar-refractivity contribution in [3.63, 3.8) is 0 Å². The third kappa shape index (κ3) is 1.54. The minimum absolute atomic E-state index is 0.217. The molecule has 4 heteroatoms. The lowest BCUT2D eigenvalue weighted by Gasteiger charge is -2.42. The van der Waals surface area contributed by atoms with Crippen LogP contribution in [0, 0.1) is 0 Å². The molecule has 2 heterocycles. The number of nitrogens with zero attached hydrogens (tertiary/aromatic N) is 4. The van der Waals surface area contributed by atoms with Gasteiger partial charge >= 0.3 is 0 Å². The van der Waals surface area contributed by atoms with E-state index in [9.17, 15) is 0 Å². The molecule has 0 fully saturated rings. The molecule has 1 aliphatic rings. The van der Waals surface area contributed by atoms with E-state index in [4.69, 9.17) is 0 Å². The maximum Gasteiger partial charge on any atom is 0.0738 e. The summed E-state index contributed by atoms with van der Waals surface area (Å²) < 4.78 is 2.01. The van der Waals surface area contributed by atoms with Crippen LogP contribution in [0.2, 0.25) is 0 Å². The Morgan fingerprint density at radius 1 is 1.43 bits per heavy atom. The highest BCUT2D eigenvalue weighted by molar-refractivity contribution is 5.00. The van der Waals surface area contributed by atoms with Gasteiger partial charge in [-0.25, -0.2) is 4.68 Å². The second-order valence-corrected chi connectivity index (χ2v) is 5.06. The molecule has 1 aromatic rings. The summed E-state index contributed by atoms with van der Waals surface area (Å²) in [5.74, 6) is 0. The van der Waals surface area contributed by atoms with Crippen molar-refractivity contribution in [2.24, 2.45) is 0 Å². The van der Waals surface area contributed by atoms with Crippen molar-refractivity contribution in [2.45, 2.75) is 52.4 Å². The molecule has 0 aliphatic carbocycles. The summed E-state index contributed by atoms with van der Waals surface area (Å²) in [6, 6.07) is 0.532. The van der Waals surface area contributed by atoms with Gasteiger partial charge < -0.3 is 0 Å². The van der Waals surface area contributed by atoms with Crippen LogP contribution < -0.4 is 0 Å². The highest BCUT2D eigenvalue weighted by atomic mass is 15.5. The molecule has 1 aliphatic heterocycles. The molecule has 14 heavy (non-hydrogen) atoms. The molecule has 4 nitrogen and oxygen atoms in total. The van der Waals surface area contributed by atoms with Gasteiger partial charge in [0.1, 0.15) is 0 Å². The molecule has 1 aromatic heterocycles. The molecular weight excluding hydrogens is 176 g/mol. The van der Waals surface area contributed by atoms with Gasteiger partial charge in [0, 0.05) is 18.1 Å². The lowest BCUT2D eigenvalue weighted by molar-refractivity contribution is 0.0487. The van der Waals surface area contributed by atoms with Crippen LogP contribution in [0.15, 0.2) is 6.20 Å². The first-order chi connectivity index (χ1) is 6.48. The van der Waals surface area contributed by atoms with Crippen molar-refractivity contribution < 1.29 is 0 Å². The van der Waals surface area contributed by atoms with E-state index in [0.717, 1.165) is 13.1 Å². The van der Waals surface area contributed by atoms with Crippen molar-refractivity contribution in [3.05, 3.63) is 11.9 Å². The van der Waals surface area contributed by atoms with Crippen LogP contribution in [0.3, 0.4) is 0 Å². The van der Waals surface area contributed by atoms with Crippen LogP contribution in [0.4, 0.5) is 0 Å². The molecule has 1 unspecified atom stereocenters. The Balaban J connectivity index is 2.26. The lowest BCUT2D eigenvalue weighted by Crippen LogP contribution is -2.51. The maximum absolute atomic E-state index is 4.06. The van der Waals surface area contributed by atoms with Gasteiger partial charge in [0.15, 0.2) is 0 Å². The smallest absolute Gasteiger partial charge is 0.0738 e. The largest absolute Gasteiger partial charge is 0.288 e. The van der Waals surface area contributed by atoms with Gasteiger partial charge in [-0.05, 0) is 27.7 Å². The monoisotopic (exact) mass is 194 g/mol. The summed E-state index contributed by atoms with van der Waals surface area (Å²) in [5.41, 5.74) is 1.44. The Bertz CT molecular complexity index is 323. The minimum Gasteiger partial charge on any atom is -0.288 e. The fourth-order valence-corrected chi connectivity index (χ4v) is 2.13. The molecule has 0 spiro atoms. The van der Waals surface area contributed by atoms with E-state index in [0.29, 0.717) is 6.04 Å². The summed E-state index contributed by atoms with van der Waals surface area (Å²) >= 11 is 0. The van der Waals surface area contributed by atoms with E-state index in [1.807, 2.05) is 10.9 Å². The number of fused-ring (bicyclic) bond motifs is 1. The number of hydrogen-bond acceptors (Lipinski definition) is 3. The summed E-state index contributed by atoms with van der Waals surface area (Å²) in [5, 5.41) is 8.00. The van der Waals surface area contributed by atoms with Gasteiger partial charge in [-0.15, -0.1) is 5.10 Å². The third-order valence-electron chi connectivity index (χ3n) is 2.86. The minimum atomic E-state index is 0.217. The van der Waals surface area contributed by atoms with Crippen molar-refractivity contribution in [2.75, 3.05) is 0 Å². The highest BCUT2D eigenvalue weighted by Crippen LogP contribution is 2.24. The molecule has 0 aromatic carbocycles. The van der Waals surface area contributed by atoms with Crippen LogP contribution in [0.1, 0.15) is 33.4 Å². The lowest BCUT2D eigenvalue weighted by atomic mass is 10.0. The average molecular weight is 194 g/mol. The summed E-state index contributed by atoms with van der Waals surface area (Å²) in [7, 11) is 0. The zero-order valence-corrected chi connectivity index (χ0v) is 9.36. The Hall–Kier alpha value is -0.900. The number of hydrogen-bond donors (Lipinski definition) is 0. The van der Waals surface area contributed by atoms with Gasteiger partial charge in [0.2, 0.25) is 0 Å². The Morgan fingerprint density at radius 2 is 2.14 bits per heavy atom. The zero-order chi connectivity index (χ0) is 10.3. The molecule has 0 amide bonds. The normalized spacial score (nSPS) is 23.6. The van der Waals surface area contributed by atoms with Crippen LogP contribution >= 0.6 is 0 Å². The van der Waals surface area contributed by atoms with Crippen molar-refractivity contribution in [1.82, 2.24) is 19.9 Å². The first-order valence-corrected chi connectivity index (χ1v) is 5.12. The van der Waals surface area contributed by atoms with Gasteiger partial charge in [-0.3, -0.25) is 4.90 Å². The summed E-state index contributed by atoms with van der Waals surface area (Å²) in [4.78, 5) is 2.49. The van der Waals surface area contributed by atoms with E-state index in [2.05, 4.69) is 42.9 Å². The third-order valence-corrected chi connectivity index (χ3v) is 2.86. The van der Waals surface area contributed by atoms with E-state index in [1.54, 1.807) is 0 Å². The predicted molar refractivity (Wildman–Crippen MR) is 54.8 cm³/mol. The van der Waals surface area contributed by atoms with Crippen molar-refractivity contribution in [1.29, 1.82) is 0 Å². The fraction of sp³-hybridized carbons (Fsp3) is 0.800. The van der Waals surface area contributed by atoms with Crippen molar-refractivity contribution >= 4 is 0 Å². The molecule has 0 saturated heterocycles. The molecule has 2 rings (SSSR count). The molecule has 0 saturated carbocycles. The number of rotatable bonds is 0. The predicted octanol–water partition coefficient (Wildman–Crippen LogP) is 1.28. The van der Waals surface area contributed by atoms with E-state index >= 15 is 0 Å². The molecular formula is C10H18N4. The standard InChI is InChI=1S/C10H18N4/c1-8-6-14-9(5-11-12-14)7-13(8)10(2,3)4/h5,8H,6-7H2,1-4H3. The Morgan fingerprint density at radius 3 is 2.79 bits per heavy atom. The van der Waals surface area contributed by atoms with Crippen LogP contribution in [-0.2, 0) is 13.1 Å². The average Bonchev–Trinajstić information content (AvgIpc) is 2.47. The first-order valence-electron chi connectivity index (χ1n) is 5.12. The van der Waals surface area contributed by atoms with E-state index < -0.39 is 0 Å². The maximum atomic E-state index is 4.06. The van der Waals surface area contributed by atoms with E-state index in [-0.39, 0.29) is 5.54 Å². The second-order valence-electron chi connectivity index (χ2n) is 5.06. The Kier molecular flexibility index (Phi) is 2.10. The molecule has 1 atom stereocenters. The molecule has 0 N–H and O–H groups in total. The van der Waals surface area contributed by atoms with E-state index in [1.165, 1.54) is 5.69 Å². The molecule has 0 radical (unpaired) electrons. The second kappa shape index (κ2) is 3.05. The number of aromatic nitrogens is 3. The Labute approximate surface area is 84.9 Å². The SMILES string of the molecule is CC1Cn2nncc2CN1C(C)(C)C. The fourth-order valence-electron chi connectivity index (χ4n) is 2.13. The first kappa shape index (κ1) is 9.65. The van der Waals surface area contributed by atoms with Crippen LogP contribution in [-0.4, -0.2) is 31.5 Å². The quantitative estimate of drug-likeness (QED) is 0.624. The van der Waals surface area contributed by atoms with Gasteiger partial charge in [-0.1, -0.05) is 5.21 Å². The van der Waals surface area contributed by atoms with Crippen LogP contribution in [0.25, 0.3) is 0 Å². The van der Waals surface area contributed by atoms with Gasteiger partial charge in [0.25, 0.3) is 0 Å². The summed E-state index contributed by atoms with van der Waals surface area (Å²) in [6.45, 7) is 10.9. The van der Waals surface area contributed by atoms with Gasteiger partial charge in [-0.2, -0.15) is 0 Å². The summed E-state index contributed by atoms with van der Waals surface area (Å²) in [6.07, 6.45) is 1.87. The van der Waals surface area contributed by atoms with Crippen molar-refractivity contribution in [3.8, 4) is 0 Å². The highest BCUT2D eigenvalue weighted by Gasteiger charge is 2.31. The zero-order valence-electron chi connectivity index (χ0n) is 9.36. The van der Waals surface area contributed by atoms with Crippen LogP contribution in [0.5, 0.6) is 0 Å².